The molecule has 0 unspecified atom stereocenters. The van der Waals surface area contributed by atoms with Crippen molar-refractivity contribution in [1.82, 2.24) is 0 Å². The van der Waals surface area contributed by atoms with E-state index < -0.39 is 5.60 Å². The molecule has 0 radical (unpaired) electrons. The van der Waals surface area contributed by atoms with E-state index in [0.717, 1.165) is 12.2 Å². The summed E-state index contributed by atoms with van der Waals surface area (Å²) in [4.78, 5) is 0. The van der Waals surface area contributed by atoms with Gasteiger partial charge in [-0.05, 0) is 44.0 Å². The molecule has 0 atom stereocenters. The van der Waals surface area contributed by atoms with Crippen molar-refractivity contribution < 1.29 is 9.47 Å². The first-order valence-corrected chi connectivity index (χ1v) is 6.16. The average molecular weight is 267 g/mol. The van der Waals surface area contributed by atoms with Gasteiger partial charge in [0.15, 0.2) is 0 Å². The maximum absolute atomic E-state index is 6.12. The van der Waals surface area contributed by atoms with E-state index in [1.807, 2.05) is 44.2 Å². The van der Waals surface area contributed by atoms with Crippen LogP contribution in [0.3, 0.4) is 0 Å². The number of halogens is 1. The fraction of sp³-hybridized carbons (Fsp3) is 0.400. The van der Waals surface area contributed by atoms with Crippen LogP contribution < -0.4 is 4.74 Å². The molecule has 0 aromatic heterocycles. The summed E-state index contributed by atoms with van der Waals surface area (Å²) in [5, 5.41) is 0.568. The second-order valence-electron chi connectivity index (χ2n) is 4.43. The lowest BCUT2D eigenvalue weighted by Crippen LogP contribution is -2.22. The number of ether oxygens (including phenoxy) is 2. The van der Waals surface area contributed by atoms with Crippen LogP contribution in [0.4, 0.5) is 0 Å². The van der Waals surface area contributed by atoms with Gasteiger partial charge < -0.3 is 9.47 Å². The molecule has 0 saturated carbocycles. The zero-order valence-corrected chi connectivity index (χ0v) is 12.0. The van der Waals surface area contributed by atoms with Gasteiger partial charge in [-0.1, -0.05) is 23.7 Å². The van der Waals surface area contributed by atoms with Gasteiger partial charge in [0.05, 0.1) is 12.1 Å². The molecule has 18 heavy (non-hydrogen) atoms. The highest BCUT2D eigenvalue weighted by molar-refractivity contribution is 6.30. The third kappa shape index (κ3) is 4.23. The molecule has 3 heteroatoms. The van der Waals surface area contributed by atoms with Crippen LogP contribution in [-0.2, 0) is 11.2 Å². The zero-order valence-electron chi connectivity index (χ0n) is 11.3. The third-order valence-corrected chi connectivity index (χ3v) is 3.33. The van der Waals surface area contributed by atoms with Crippen molar-refractivity contribution in [3.05, 3.63) is 46.7 Å². The molecular weight excluding hydrogens is 248 g/mol. The van der Waals surface area contributed by atoms with E-state index in [1.165, 1.54) is 5.56 Å². The molecule has 0 amide bonds. The van der Waals surface area contributed by atoms with Crippen molar-refractivity contribution >= 4 is 11.6 Å². The largest absolute Gasteiger partial charge is 0.497 e. The normalized spacial score (nSPS) is 10.7. The Labute approximate surface area is 114 Å². The minimum atomic E-state index is -0.488. The van der Waals surface area contributed by atoms with E-state index in [4.69, 9.17) is 21.1 Å². The SMILES string of the molecule is COc1ccc(CC=C=C(Cl)C(C)(C)OC)cc1. The first kappa shape index (κ1) is 14.8. The topological polar surface area (TPSA) is 18.5 Å². The Morgan fingerprint density at radius 1 is 1.28 bits per heavy atom. The second kappa shape index (κ2) is 6.65. The van der Waals surface area contributed by atoms with Gasteiger partial charge in [0, 0.05) is 7.11 Å². The van der Waals surface area contributed by atoms with Crippen LogP contribution in [0.15, 0.2) is 41.1 Å². The second-order valence-corrected chi connectivity index (χ2v) is 4.81. The van der Waals surface area contributed by atoms with Crippen molar-refractivity contribution in [2.45, 2.75) is 25.9 Å². The Morgan fingerprint density at radius 2 is 1.89 bits per heavy atom. The van der Waals surface area contributed by atoms with Crippen molar-refractivity contribution in [2.24, 2.45) is 0 Å². The van der Waals surface area contributed by atoms with Gasteiger partial charge in [0.25, 0.3) is 0 Å². The molecule has 0 saturated heterocycles. The summed E-state index contributed by atoms with van der Waals surface area (Å²) >= 11 is 6.12. The molecule has 0 aliphatic heterocycles. The minimum Gasteiger partial charge on any atom is -0.497 e. The van der Waals surface area contributed by atoms with Crippen molar-refractivity contribution in [3.63, 3.8) is 0 Å². The van der Waals surface area contributed by atoms with Crippen LogP contribution in [0.2, 0.25) is 0 Å². The number of hydrogen-bond acceptors (Lipinski definition) is 2. The van der Waals surface area contributed by atoms with Crippen LogP contribution in [0, 0.1) is 0 Å². The number of benzene rings is 1. The predicted octanol–water partition coefficient (Wildman–Crippen LogP) is 3.94. The van der Waals surface area contributed by atoms with Gasteiger partial charge in [-0.2, -0.15) is 0 Å². The highest BCUT2D eigenvalue weighted by atomic mass is 35.5. The summed E-state index contributed by atoms with van der Waals surface area (Å²) in [5.74, 6) is 0.858. The lowest BCUT2D eigenvalue weighted by molar-refractivity contribution is 0.0617. The quantitative estimate of drug-likeness (QED) is 0.752. The Hall–Kier alpha value is -1.21. The Bertz CT molecular complexity index is 440. The van der Waals surface area contributed by atoms with Gasteiger partial charge in [-0.3, -0.25) is 0 Å². The van der Waals surface area contributed by atoms with Gasteiger partial charge in [0.1, 0.15) is 11.4 Å². The minimum absolute atomic E-state index is 0.488. The summed E-state index contributed by atoms with van der Waals surface area (Å²) in [6.45, 7) is 3.81. The molecule has 2 nitrogen and oxygen atoms in total. The molecule has 98 valence electrons. The van der Waals surface area contributed by atoms with Crippen LogP contribution in [0.1, 0.15) is 19.4 Å². The van der Waals surface area contributed by atoms with E-state index >= 15 is 0 Å². The molecule has 0 N–H and O–H groups in total. The van der Waals surface area contributed by atoms with Crippen molar-refractivity contribution in [2.75, 3.05) is 14.2 Å². The number of hydrogen-bond donors (Lipinski definition) is 0. The summed E-state index contributed by atoms with van der Waals surface area (Å²) in [6.07, 6.45) is 2.69. The number of methoxy groups -OCH3 is 2. The fourth-order valence-electron chi connectivity index (χ4n) is 1.28. The Morgan fingerprint density at radius 3 is 2.39 bits per heavy atom. The lowest BCUT2D eigenvalue weighted by atomic mass is 10.1. The summed E-state index contributed by atoms with van der Waals surface area (Å²) in [5.41, 5.74) is 3.75. The Balaban J connectivity index is 2.71. The summed E-state index contributed by atoms with van der Waals surface area (Å²) in [6, 6.07) is 7.92. The maximum atomic E-state index is 6.12. The highest BCUT2D eigenvalue weighted by Gasteiger charge is 2.20. The summed E-state index contributed by atoms with van der Waals surface area (Å²) in [7, 11) is 3.29. The fourth-order valence-corrected chi connectivity index (χ4v) is 1.44. The predicted molar refractivity (Wildman–Crippen MR) is 75.2 cm³/mol. The summed E-state index contributed by atoms with van der Waals surface area (Å²) < 4.78 is 10.4. The first-order valence-electron chi connectivity index (χ1n) is 5.79. The Kier molecular flexibility index (Phi) is 5.49. The lowest BCUT2D eigenvalue weighted by Gasteiger charge is -2.20. The molecule has 1 rings (SSSR count). The molecule has 0 spiro atoms. The van der Waals surface area contributed by atoms with E-state index in [0.29, 0.717) is 5.03 Å². The monoisotopic (exact) mass is 266 g/mol. The van der Waals surface area contributed by atoms with E-state index in [-0.39, 0.29) is 0 Å². The van der Waals surface area contributed by atoms with Crippen molar-refractivity contribution in [3.8, 4) is 5.75 Å². The van der Waals surface area contributed by atoms with Gasteiger partial charge in [0.2, 0.25) is 0 Å². The molecule has 0 aliphatic carbocycles. The standard InChI is InChI=1S/C15H19ClO2/c1-15(2,18-4)14(16)7-5-6-12-8-10-13(17-3)11-9-12/h5,8-11H,6H2,1-4H3. The van der Waals surface area contributed by atoms with Crippen LogP contribution in [-0.4, -0.2) is 19.8 Å². The van der Waals surface area contributed by atoms with Gasteiger partial charge >= 0.3 is 0 Å². The highest BCUT2D eigenvalue weighted by Crippen LogP contribution is 2.22. The van der Waals surface area contributed by atoms with Crippen LogP contribution in [0.25, 0.3) is 0 Å². The molecule has 0 aliphatic rings. The molecule has 1 aromatic rings. The average Bonchev–Trinajstić information content (AvgIpc) is 2.39. The van der Waals surface area contributed by atoms with Crippen LogP contribution >= 0.6 is 11.6 Å². The zero-order chi connectivity index (χ0) is 13.6. The van der Waals surface area contributed by atoms with Crippen molar-refractivity contribution in [1.29, 1.82) is 0 Å². The van der Waals surface area contributed by atoms with Gasteiger partial charge in [-0.25, -0.2) is 0 Å². The molecule has 0 bridgehead atoms. The maximum Gasteiger partial charge on any atom is 0.118 e. The van der Waals surface area contributed by atoms with E-state index in [2.05, 4.69) is 5.73 Å². The van der Waals surface area contributed by atoms with E-state index in [1.54, 1.807) is 14.2 Å². The van der Waals surface area contributed by atoms with E-state index in [9.17, 15) is 0 Å². The molecule has 0 heterocycles. The third-order valence-electron chi connectivity index (χ3n) is 2.76. The molecule has 1 aromatic carbocycles. The smallest absolute Gasteiger partial charge is 0.118 e. The van der Waals surface area contributed by atoms with Crippen LogP contribution in [0.5, 0.6) is 5.75 Å². The number of rotatable bonds is 5. The van der Waals surface area contributed by atoms with Gasteiger partial charge in [-0.15, -0.1) is 5.73 Å². The first-order chi connectivity index (χ1) is 8.49. The molecular formula is C15H19ClO2. The molecule has 0 fully saturated rings.